The topological polar surface area (TPSA) is 87.7 Å². The molecule has 2 amide bonds. The molecule has 1 heterocycles. The maximum atomic E-state index is 12.7. The molecule has 0 aliphatic carbocycles. The monoisotopic (exact) mass is 416 g/mol. The van der Waals surface area contributed by atoms with Gasteiger partial charge < -0.3 is 20.5 Å². The van der Waals surface area contributed by atoms with E-state index < -0.39 is 18.0 Å². The molecular formula is C19H17BrN2O4. The van der Waals surface area contributed by atoms with Gasteiger partial charge in [0, 0.05) is 0 Å². The Hall–Kier alpha value is -2.80. The number of ether oxygens (including phenoxy) is 1. The fourth-order valence-corrected chi connectivity index (χ4v) is 3.18. The first-order chi connectivity index (χ1) is 12.5. The average molecular weight is 417 g/mol. The van der Waals surface area contributed by atoms with Crippen LogP contribution in [0.25, 0.3) is 5.70 Å². The zero-order valence-corrected chi connectivity index (χ0v) is 15.5. The minimum atomic E-state index is -0.713. The Morgan fingerprint density at radius 1 is 1.23 bits per heavy atom. The van der Waals surface area contributed by atoms with Crippen LogP contribution in [0.2, 0.25) is 0 Å². The number of phenolic OH excluding ortho intramolecular Hbond substituents is 1. The largest absolute Gasteiger partial charge is 0.507 e. The maximum absolute atomic E-state index is 12.7. The summed E-state index contributed by atoms with van der Waals surface area (Å²) < 4.78 is 5.69. The number of rotatable bonds is 4. The lowest BCUT2D eigenvalue weighted by Gasteiger charge is -2.29. The van der Waals surface area contributed by atoms with Crippen LogP contribution in [0, 0.1) is 0 Å². The van der Waals surface area contributed by atoms with E-state index in [1.165, 1.54) is 6.07 Å². The van der Waals surface area contributed by atoms with Crippen LogP contribution in [0.4, 0.5) is 4.79 Å². The van der Waals surface area contributed by atoms with Crippen molar-refractivity contribution in [2.75, 3.05) is 6.61 Å². The molecule has 3 N–H and O–H groups in total. The third-order valence-corrected chi connectivity index (χ3v) is 4.57. The number of urea groups is 1. The highest BCUT2D eigenvalue weighted by molar-refractivity contribution is 9.10. The quantitative estimate of drug-likeness (QED) is 0.665. The molecule has 1 atom stereocenters. The Morgan fingerprint density at radius 2 is 1.96 bits per heavy atom. The van der Waals surface area contributed by atoms with Gasteiger partial charge in [-0.1, -0.05) is 36.4 Å². The molecule has 2 aromatic carbocycles. The molecule has 7 heteroatoms. The molecule has 0 saturated carbocycles. The number of hydrogen-bond donors (Lipinski definition) is 3. The number of halogens is 1. The summed E-state index contributed by atoms with van der Waals surface area (Å²) in [5.74, 6) is -0.452. The molecule has 0 fully saturated rings. The van der Waals surface area contributed by atoms with Crippen LogP contribution in [-0.2, 0) is 9.53 Å². The van der Waals surface area contributed by atoms with Crippen LogP contribution >= 0.6 is 15.9 Å². The zero-order chi connectivity index (χ0) is 18.7. The van der Waals surface area contributed by atoms with E-state index in [2.05, 4.69) is 26.6 Å². The van der Waals surface area contributed by atoms with E-state index in [-0.39, 0.29) is 12.4 Å². The van der Waals surface area contributed by atoms with Crippen molar-refractivity contribution in [3.05, 3.63) is 69.7 Å². The molecule has 3 rings (SSSR count). The van der Waals surface area contributed by atoms with Crippen molar-refractivity contribution in [2.45, 2.75) is 13.0 Å². The molecule has 0 spiro atoms. The summed E-state index contributed by atoms with van der Waals surface area (Å²) in [6.07, 6.45) is 0. The van der Waals surface area contributed by atoms with Gasteiger partial charge in [0.2, 0.25) is 0 Å². The zero-order valence-electron chi connectivity index (χ0n) is 14.0. The number of phenols is 1. The average Bonchev–Trinajstić information content (AvgIpc) is 2.64. The fraction of sp³-hybridized carbons (Fsp3) is 0.158. The highest BCUT2D eigenvalue weighted by Gasteiger charge is 2.34. The molecule has 1 aliphatic heterocycles. The number of aromatic hydroxyl groups is 1. The molecule has 0 saturated heterocycles. The van der Waals surface area contributed by atoms with Crippen molar-refractivity contribution in [1.82, 2.24) is 10.6 Å². The second-order valence-corrected chi connectivity index (χ2v) is 6.47. The first-order valence-electron chi connectivity index (χ1n) is 8.04. The van der Waals surface area contributed by atoms with E-state index in [1.807, 2.05) is 30.3 Å². The van der Waals surface area contributed by atoms with Gasteiger partial charge in [0.15, 0.2) is 0 Å². The van der Waals surface area contributed by atoms with Gasteiger partial charge in [0.05, 0.1) is 28.4 Å². The van der Waals surface area contributed by atoms with Gasteiger partial charge >= 0.3 is 12.0 Å². The molecule has 1 aliphatic rings. The van der Waals surface area contributed by atoms with E-state index in [0.29, 0.717) is 26.9 Å². The Bertz CT molecular complexity index is 880. The van der Waals surface area contributed by atoms with Gasteiger partial charge in [-0.25, -0.2) is 9.59 Å². The van der Waals surface area contributed by atoms with Crippen LogP contribution in [-0.4, -0.2) is 23.7 Å². The Balaban J connectivity index is 2.18. The Labute approximate surface area is 159 Å². The Kier molecular flexibility index (Phi) is 5.27. The second-order valence-electron chi connectivity index (χ2n) is 5.62. The predicted molar refractivity (Wildman–Crippen MR) is 100 cm³/mol. The second kappa shape index (κ2) is 7.61. The van der Waals surface area contributed by atoms with Gasteiger partial charge in [-0.15, -0.1) is 0 Å². The molecular weight excluding hydrogens is 400 g/mol. The first kappa shape index (κ1) is 18.0. The number of carbonyl (C=O) groups excluding carboxylic acids is 2. The molecule has 0 radical (unpaired) electrons. The van der Waals surface area contributed by atoms with E-state index in [0.717, 1.165) is 0 Å². The fourth-order valence-electron chi connectivity index (χ4n) is 2.78. The molecule has 0 bridgehead atoms. The van der Waals surface area contributed by atoms with Crippen molar-refractivity contribution in [1.29, 1.82) is 0 Å². The normalized spacial score (nSPS) is 16.7. The maximum Gasteiger partial charge on any atom is 0.338 e. The summed E-state index contributed by atoms with van der Waals surface area (Å²) in [4.78, 5) is 24.9. The predicted octanol–water partition coefficient (Wildman–Crippen LogP) is 3.48. The Morgan fingerprint density at radius 3 is 2.62 bits per heavy atom. The summed E-state index contributed by atoms with van der Waals surface area (Å²) in [5, 5.41) is 15.2. The number of carbonyl (C=O) groups is 2. The van der Waals surface area contributed by atoms with Crippen molar-refractivity contribution in [3.63, 3.8) is 0 Å². The van der Waals surface area contributed by atoms with E-state index >= 15 is 0 Å². The van der Waals surface area contributed by atoms with Crippen molar-refractivity contribution in [3.8, 4) is 5.75 Å². The number of esters is 1. The minimum absolute atomic E-state index is 0.0685. The minimum Gasteiger partial charge on any atom is -0.507 e. The van der Waals surface area contributed by atoms with Gasteiger partial charge in [0.1, 0.15) is 5.75 Å². The lowest BCUT2D eigenvalue weighted by molar-refractivity contribution is -0.138. The summed E-state index contributed by atoms with van der Waals surface area (Å²) >= 11 is 3.26. The standard InChI is InChI=1S/C19H17BrN2O4/c1-2-26-18(24)15-16(11-6-4-3-5-7-11)21-19(25)22-17(15)12-8-9-14(23)13(20)10-12/h3-10,17,23H,2H2,1H3,(H2,21,22,25). The van der Waals surface area contributed by atoms with Crippen LogP contribution in [0.15, 0.2) is 58.6 Å². The van der Waals surface area contributed by atoms with Crippen LogP contribution in [0.3, 0.4) is 0 Å². The molecule has 134 valence electrons. The summed E-state index contributed by atoms with van der Waals surface area (Å²) in [6, 6.07) is 12.8. The molecule has 26 heavy (non-hydrogen) atoms. The van der Waals surface area contributed by atoms with Crippen molar-refractivity contribution >= 4 is 33.6 Å². The highest BCUT2D eigenvalue weighted by Crippen LogP contribution is 2.35. The lowest BCUT2D eigenvalue weighted by Crippen LogP contribution is -2.45. The van der Waals surface area contributed by atoms with Gasteiger partial charge in [0.25, 0.3) is 0 Å². The third-order valence-electron chi connectivity index (χ3n) is 3.93. The van der Waals surface area contributed by atoms with Crippen LogP contribution < -0.4 is 10.6 Å². The van der Waals surface area contributed by atoms with E-state index in [4.69, 9.17) is 4.74 Å². The van der Waals surface area contributed by atoms with Crippen molar-refractivity contribution in [2.24, 2.45) is 0 Å². The van der Waals surface area contributed by atoms with E-state index in [9.17, 15) is 14.7 Å². The number of hydrogen-bond acceptors (Lipinski definition) is 4. The third kappa shape index (κ3) is 3.57. The van der Waals surface area contributed by atoms with E-state index in [1.54, 1.807) is 19.1 Å². The summed E-state index contributed by atoms with van der Waals surface area (Å²) in [7, 11) is 0. The van der Waals surface area contributed by atoms with Crippen molar-refractivity contribution < 1.29 is 19.4 Å². The smallest absolute Gasteiger partial charge is 0.338 e. The number of nitrogens with one attached hydrogen (secondary N) is 2. The molecule has 1 unspecified atom stereocenters. The SMILES string of the molecule is CCOC(=O)C1=C(c2ccccc2)NC(=O)NC1c1ccc(O)c(Br)c1. The van der Waals surface area contributed by atoms with Crippen LogP contribution in [0.1, 0.15) is 24.1 Å². The van der Waals surface area contributed by atoms with Gasteiger partial charge in [-0.05, 0) is 46.1 Å². The summed E-state index contributed by atoms with van der Waals surface area (Å²) in [6.45, 7) is 1.94. The molecule has 2 aromatic rings. The lowest BCUT2D eigenvalue weighted by atomic mass is 9.92. The highest BCUT2D eigenvalue weighted by atomic mass is 79.9. The number of benzene rings is 2. The molecule has 6 nitrogen and oxygen atoms in total. The van der Waals surface area contributed by atoms with Gasteiger partial charge in [-0.3, -0.25) is 0 Å². The van der Waals surface area contributed by atoms with Gasteiger partial charge in [-0.2, -0.15) is 0 Å². The first-order valence-corrected chi connectivity index (χ1v) is 8.83. The number of amides is 2. The summed E-state index contributed by atoms with van der Waals surface area (Å²) in [5.41, 5.74) is 2.05. The molecule has 0 aromatic heterocycles. The van der Waals surface area contributed by atoms with Crippen LogP contribution in [0.5, 0.6) is 5.75 Å².